The van der Waals surface area contributed by atoms with Crippen molar-refractivity contribution in [2.75, 3.05) is 19.8 Å². The van der Waals surface area contributed by atoms with Crippen LogP contribution in [0.25, 0.3) is 0 Å². The van der Waals surface area contributed by atoms with E-state index in [-0.39, 0.29) is 11.3 Å². The number of benzene rings is 2. The van der Waals surface area contributed by atoms with Gasteiger partial charge in [0.1, 0.15) is 13.2 Å². The normalized spacial score (nSPS) is 17.0. The Labute approximate surface area is 148 Å². The molecule has 0 unspecified atom stereocenters. The third-order valence-corrected chi connectivity index (χ3v) is 5.05. The van der Waals surface area contributed by atoms with E-state index < -0.39 is 0 Å². The van der Waals surface area contributed by atoms with E-state index in [1.807, 2.05) is 24.3 Å². The maximum atomic E-state index is 12.7. The van der Waals surface area contributed by atoms with Crippen LogP contribution in [0.3, 0.4) is 0 Å². The molecular formula is C21H23NO3. The second-order valence-corrected chi connectivity index (χ2v) is 6.79. The number of carbonyl (C=O) groups is 1. The molecule has 2 aliphatic rings. The zero-order chi connectivity index (χ0) is 17.1. The predicted molar refractivity (Wildman–Crippen MR) is 96.1 cm³/mol. The molecule has 2 aromatic rings. The fourth-order valence-corrected chi connectivity index (χ4v) is 3.42. The molecule has 25 heavy (non-hydrogen) atoms. The molecule has 0 atom stereocenters. The highest BCUT2D eigenvalue weighted by atomic mass is 16.6. The van der Waals surface area contributed by atoms with E-state index in [9.17, 15) is 4.79 Å². The minimum absolute atomic E-state index is 0.136. The van der Waals surface area contributed by atoms with Crippen LogP contribution in [0.1, 0.15) is 30.4 Å². The van der Waals surface area contributed by atoms with Crippen molar-refractivity contribution in [3.8, 4) is 11.5 Å². The Kier molecular flexibility index (Phi) is 4.35. The molecule has 0 spiro atoms. The van der Waals surface area contributed by atoms with Gasteiger partial charge in [0.05, 0.1) is 5.41 Å². The first-order chi connectivity index (χ1) is 12.3. The van der Waals surface area contributed by atoms with E-state index in [0.29, 0.717) is 19.8 Å². The summed E-state index contributed by atoms with van der Waals surface area (Å²) in [7, 11) is 0. The topological polar surface area (TPSA) is 47.6 Å². The largest absolute Gasteiger partial charge is 0.486 e. The highest BCUT2D eigenvalue weighted by Gasteiger charge is 2.51. The molecule has 1 N–H and O–H groups in total. The fourth-order valence-electron chi connectivity index (χ4n) is 3.42. The zero-order valence-electron chi connectivity index (χ0n) is 14.3. The Hall–Kier alpha value is -2.49. The molecule has 1 heterocycles. The number of carbonyl (C=O) groups excluding carboxylic acids is 1. The van der Waals surface area contributed by atoms with Crippen LogP contribution in [0, 0.1) is 0 Å². The number of nitrogens with one attached hydrogen (secondary N) is 1. The number of amides is 1. The van der Waals surface area contributed by atoms with Crippen LogP contribution in [0.5, 0.6) is 11.5 Å². The van der Waals surface area contributed by atoms with Crippen molar-refractivity contribution < 1.29 is 14.3 Å². The van der Waals surface area contributed by atoms with E-state index in [0.717, 1.165) is 42.7 Å². The number of hydrogen-bond donors (Lipinski definition) is 1. The number of aryl methyl sites for hydroxylation is 1. The third-order valence-electron chi connectivity index (χ3n) is 5.05. The van der Waals surface area contributed by atoms with E-state index in [1.54, 1.807) is 0 Å². The van der Waals surface area contributed by atoms with Gasteiger partial charge in [-0.1, -0.05) is 36.4 Å². The van der Waals surface area contributed by atoms with Crippen LogP contribution in [-0.2, 0) is 16.6 Å². The van der Waals surface area contributed by atoms with Gasteiger partial charge in [-0.25, -0.2) is 0 Å². The van der Waals surface area contributed by atoms with Crippen molar-refractivity contribution in [2.24, 2.45) is 0 Å². The average molecular weight is 337 g/mol. The minimum Gasteiger partial charge on any atom is -0.486 e. The molecule has 0 radical (unpaired) electrons. The number of hydrogen-bond acceptors (Lipinski definition) is 3. The Morgan fingerprint density at radius 3 is 2.52 bits per heavy atom. The minimum atomic E-state index is -0.372. The summed E-state index contributed by atoms with van der Waals surface area (Å²) in [5.74, 6) is 1.67. The second-order valence-electron chi connectivity index (χ2n) is 6.79. The standard InChI is InChI=1S/C21H23NO3/c23-20(22-12-4-7-16-5-2-1-3-6-16)21(10-11-21)17-8-9-18-19(15-17)25-14-13-24-18/h1-3,5-6,8-9,15H,4,7,10-14H2,(H,22,23). The summed E-state index contributed by atoms with van der Waals surface area (Å²) in [4.78, 5) is 12.7. The molecule has 2 aromatic carbocycles. The highest BCUT2D eigenvalue weighted by molar-refractivity contribution is 5.91. The van der Waals surface area contributed by atoms with Gasteiger partial charge in [-0.05, 0) is 48.9 Å². The Morgan fingerprint density at radius 2 is 1.76 bits per heavy atom. The summed E-state index contributed by atoms with van der Waals surface area (Å²) < 4.78 is 11.2. The van der Waals surface area contributed by atoms with Gasteiger partial charge in [0.15, 0.2) is 11.5 Å². The summed E-state index contributed by atoms with van der Waals surface area (Å²) in [6.07, 6.45) is 3.74. The Balaban J connectivity index is 1.35. The molecule has 4 heteroatoms. The second kappa shape index (κ2) is 6.79. The predicted octanol–water partition coefficient (Wildman–Crippen LogP) is 3.24. The van der Waals surface area contributed by atoms with Crippen LogP contribution in [0.2, 0.25) is 0 Å². The lowest BCUT2D eigenvalue weighted by atomic mass is 9.94. The lowest BCUT2D eigenvalue weighted by Gasteiger charge is -2.21. The van der Waals surface area contributed by atoms with Crippen LogP contribution in [-0.4, -0.2) is 25.7 Å². The number of ether oxygens (including phenoxy) is 2. The molecule has 130 valence electrons. The molecule has 4 nitrogen and oxygen atoms in total. The highest BCUT2D eigenvalue weighted by Crippen LogP contribution is 2.50. The fraction of sp³-hybridized carbons (Fsp3) is 0.381. The monoisotopic (exact) mass is 337 g/mol. The van der Waals surface area contributed by atoms with E-state index in [1.165, 1.54) is 5.56 Å². The summed E-state index contributed by atoms with van der Waals surface area (Å²) in [5, 5.41) is 3.12. The molecule has 1 saturated carbocycles. The quantitative estimate of drug-likeness (QED) is 0.823. The molecule has 0 bridgehead atoms. The van der Waals surface area contributed by atoms with Crippen LogP contribution < -0.4 is 14.8 Å². The van der Waals surface area contributed by atoms with E-state index in [4.69, 9.17) is 9.47 Å². The first-order valence-corrected chi connectivity index (χ1v) is 9.00. The van der Waals surface area contributed by atoms with E-state index >= 15 is 0 Å². The van der Waals surface area contributed by atoms with Crippen LogP contribution in [0.15, 0.2) is 48.5 Å². The van der Waals surface area contributed by atoms with Gasteiger partial charge in [0, 0.05) is 6.54 Å². The van der Waals surface area contributed by atoms with Gasteiger partial charge in [-0.3, -0.25) is 4.79 Å². The molecule has 1 amide bonds. The van der Waals surface area contributed by atoms with Gasteiger partial charge < -0.3 is 14.8 Å². The van der Waals surface area contributed by atoms with Crippen molar-refractivity contribution in [3.05, 3.63) is 59.7 Å². The zero-order valence-corrected chi connectivity index (χ0v) is 14.3. The Morgan fingerprint density at radius 1 is 1.00 bits per heavy atom. The van der Waals surface area contributed by atoms with Gasteiger partial charge in [-0.15, -0.1) is 0 Å². The molecule has 0 aromatic heterocycles. The lowest BCUT2D eigenvalue weighted by Crippen LogP contribution is -2.35. The van der Waals surface area contributed by atoms with Gasteiger partial charge in [0.2, 0.25) is 5.91 Å². The van der Waals surface area contributed by atoms with E-state index in [2.05, 4.69) is 29.6 Å². The molecule has 1 aliphatic carbocycles. The maximum absolute atomic E-state index is 12.7. The molecular weight excluding hydrogens is 314 g/mol. The number of fused-ring (bicyclic) bond motifs is 1. The van der Waals surface area contributed by atoms with Gasteiger partial charge in [0.25, 0.3) is 0 Å². The van der Waals surface area contributed by atoms with Gasteiger partial charge in [-0.2, -0.15) is 0 Å². The maximum Gasteiger partial charge on any atom is 0.230 e. The van der Waals surface area contributed by atoms with Crippen LogP contribution >= 0.6 is 0 Å². The summed E-state index contributed by atoms with van der Waals surface area (Å²) in [5.41, 5.74) is 1.98. The summed E-state index contributed by atoms with van der Waals surface area (Å²) >= 11 is 0. The first-order valence-electron chi connectivity index (χ1n) is 9.00. The van der Waals surface area contributed by atoms with Crippen molar-refractivity contribution in [1.82, 2.24) is 5.32 Å². The smallest absolute Gasteiger partial charge is 0.230 e. The van der Waals surface area contributed by atoms with Crippen molar-refractivity contribution in [2.45, 2.75) is 31.1 Å². The van der Waals surface area contributed by atoms with Crippen LogP contribution in [0.4, 0.5) is 0 Å². The molecule has 1 fully saturated rings. The summed E-state index contributed by atoms with van der Waals surface area (Å²) in [6.45, 7) is 1.86. The van der Waals surface area contributed by atoms with Crippen molar-refractivity contribution >= 4 is 5.91 Å². The lowest BCUT2D eigenvalue weighted by molar-refractivity contribution is -0.123. The SMILES string of the molecule is O=C(NCCCc1ccccc1)C1(c2ccc3c(c2)OCCO3)CC1. The van der Waals surface area contributed by atoms with Gasteiger partial charge >= 0.3 is 0 Å². The number of rotatable bonds is 6. The Bertz CT molecular complexity index is 753. The van der Waals surface area contributed by atoms with Crippen molar-refractivity contribution in [1.29, 1.82) is 0 Å². The molecule has 1 aliphatic heterocycles. The molecule has 0 saturated heterocycles. The third kappa shape index (κ3) is 3.34. The molecule has 4 rings (SSSR count). The van der Waals surface area contributed by atoms with Crippen molar-refractivity contribution in [3.63, 3.8) is 0 Å². The first kappa shape index (κ1) is 16.0. The summed E-state index contributed by atoms with van der Waals surface area (Å²) in [6, 6.07) is 16.3. The average Bonchev–Trinajstić information content (AvgIpc) is 3.47.